The van der Waals surface area contributed by atoms with E-state index in [0.717, 1.165) is 18.1 Å². The van der Waals surface area contributed by atoms with Gasteiger partial charge in [-0.1, -0.05) is 31.2 Å². The zero-order valence-electron chi connectivity index (χ0n) is 10.3. The van der Waals surface area contributed by atoms with Gasteiger partial charge < -0.3 is 10.6 Å². The minimum atomic E-state index is 0.386. The second-order valence-corrected chi connectivity index (χ2v) is 4.95. The third-order valence-corrected chi connectivity index (χ3v) is 3.47. The Morgan fingerprint density at radius 2 is 2.24 bits per heavy atom. The van der Waals surface area contributed by atoms with Gasteiger partial charge in [0.15, 0.2) is 5.11 Å². The average molecular weight is 248 g/mol. The van der Waals surface area contributed by atoms with Crippen LogP contribution in [-0.4, -0.2) is 11.7 Å². The molecule has 92 valence electrons. The quantitative estimate of drug-likeness (QED) is 0.804. The van der Waals surface area contributed by atoms with Gasteiger partial charge in [-0.2, -0.15) is 0 Å². The van der Waals surface area contributed by atoms with E-state index in [-0.39, 0.29) is 0 Å². The molecule has 2 nitrogen and oxygen atoms in total. The number of fused-ring (bicyclic) bond motifs is 1. The Morgan fingerprint density at radius 3 is 3.06 bits per heavy atom. The number of benzene rings is 1. The summed E-state index contributed by atoms with van der Waals surface area (Å²) in [5, 5.41) is 7.45. The lowest BCUT2D eigenvalue weighted by Gasteiger charge is -2.27. The maximum absolute atomic E-state index is 5.31. The van der Waals surface area contributed by atoms with Crippen LogP contribution in [0.25, 0.3) is 0 Å². The molecule has 1 aliphatic rings. The van der Waals surface area contributed by atoms with E-state index >= 15 is 0 Å². The van der Waals surface area contributed by atoms with E-state index in [1.54, 1.807) is 0 Å². The van der Waals surface area contributed by atoms with E-state index in [2.05, 4.69) is 41.8 Å². The second-order valence-electron chi connectivity index (χ2n) is 4.54. The molecular weight excluding hydrogens is 228 g/mol. The predicted molar refractivity (Wildman–Crippen MR) is 76.1 cm³/mol. The van der Waals surface area contributed by atoms with Crippen molar-refractivity contribution in [3.8, 4) is 0 Å². The molecule has 3 heteroatoms. The van der Waals surface area contributed by atoms with Gasteiger partial charge >= 0.3 is 0 Å². The van der Waals surface area contributed by atoms with Crippen molar-refractivity contribution in [2.24, 2.45) is 0 Å². The summed E-state index contributed by atoms with van der Waals surface area (Å²) in [5.41, 5.74) is 2.88. The molecule has 17 heavy (non-hydrogen) atoms. The van der Waals surface area contributed by atoms with Crippen LogP contribution in [0.15, 0.2) is 24.3 Å². The van der Waals surface area contributed by atoms with Crippen molar-refractivity contribution in [2.75, 3.05) is 6.54 Å². The van der Waals surface area contributed by atoms with Gasteiger partial charge in [0.25, 0.3) is 0 Å². The number of aryl methyl sites for hydroxylation is 1. The van der Waals surface area contributed by atoms with Gasteiger partial charge in [0.2, 0.25) is 0 Å². The van der Waals surface area contributed by atoms with Crippen molar-refractivity contribution in [2.45, 2.75) is 38.6 Å². The van der Waals surface area contributed by atoms with E-state index in [1.165, 1.54) is 30.4 Å². The fraction of sp³-hybridized carbons (Fsp3) is 0.500. The number of rotatable bonds is 3. The fourth-order valence-corrected chi connectivity index (χ4v) is 2.60. The molecule has 0 heterocycles. The molecule has 0 radical (unpaired) electrons. The Labute approximate surface area is 109 Å². The Hall–Kier alpha value is -1.09. The first-order valence-corrected chi connectivity index (χ1v) is 6.84. The first kappa shape index (κ1) is 12.4. The summed E-state index contributed by atoms with van der Waals surface area (Å²) in [6, 6.07) is 9.06. The van der Waals surface area contributed by atoms with Crippen LogP contribution in [0.4, 0.5) is 0 Å². The average Bonchev–Trinajstić information content (AvgIpc) is 2.37. The van der Waals surface area contributed by atoms with E-state index < -0.39 is 0 Å². The lowest BCUT2D eigenvalue weighted by atomic mass is 9.88. The van der Waals surface area contributed by atoms with Crippen LogP contribution in [0.1, 0.15) is 43.4 Å². The summed E-state index contributed by atoms with van der Waals surface area (Å²) >= 11 is 5.31. The zero-order chi connectivity index (χ0) is 12.1. The van der Waals surface area contributed by atoms with E-state index in [0.29, 0.717) is 6.04 Å². The fourth-order valence-electron chi connectivity index (χ4n) is 2.35. The predicted octanol–water partition coefficient (Wildman–Crippen LogP) is 2.94. The Bertz CT molecular complexity index is 390. The first-order chi connectivity index (χ1) is 8.31. The van der Waals surface area contributed by atoms with Gasteiger partial charge in [0, 0.05) is 6.54 Å². The van der Waals surface area contributed by atoms with Crippen molar-refractivity contribution in [1.82, 2.24) is 10.6 Å². The molecule has 2 N–H and O–H groups in total. The first-order valence-electron chi connectivity index (χ1n) is 6.43. The second kappa shape index (κ2) is 6.01. The topological polar surface area (TPSA) is 24.1 Å². The molecule has 0 amide bonds. The number of hydrogen-bond acceptors (Lipinski definition) is 1. The van der Waals surface area contributed by atoms with Gasteiger partial charge in [-0.25, -0.2) is 0 Å². The maximum atomic E-state index is 5.31. The summed E-state index contributed by atoms with van der Waals surface area (Å²) in [6.45, 7) is 3.09. The summed E-state index contributed by atoms with van der Waals surface area (Å²) in [7, 11) is 0. The number of nitrogens with one attached hydrogen (secondary N) is 2. The molecule has 0 aromatic heterocycles. The molecule has 1 unspecified atom stereocenters. The largest absolute Gasteiger partial charge is 0.363 e. The van der Waals surface area contributed by atoms with E-state index in [9.17, 15) is 0 Å². The van der Waals surface area contributed by atoms with Crippen LogP contribution < -0.4 is 10.6 Å². The van der Waals surface area contributed by atoms with Crippen molar-refractivity contribution < 1.29 is 0 Å². The van der Waals surface area contributed by atoms with Crippen LogP contribution >= 0.6 is 12.2 Å². The Balaban J connectivity index is 2.01. The van der Waals surface area contributed by atoms with E-state index in [4.69, 9.17) is 12.2 Å². The highest BCUT2D eigenvalue weighted by Crippen LogP contribution is 2.29. The molecule has 0 fully saturated rings. The monoisotopic (exact) mass is 248 g/mol. The van der Waals surface area contributed by atoms with Gasteiger partial charge in [0.1, 0.15) is 0 Å². The molecule has 2 rings (SSSR count). The molecule has 0 aliphatic heterocycles. The molecule has 0 spiro atoms. The third kappa shape index (κ3) is 3.19. The van der Waals surface area contributed by atoms with Crippen molar-refractivity contribution in [3.63, 3.8) is 0 Å². The molecule has 1 aromatic carbocycles. The normalized spacial score (nSPS) is 18.3. The number of hydrogen-bond donors (Lipinski definition) is 2. The molecule has 1 aromatic rings. The molecule has 1 atom stereocenters. The van der Waals surface area contributed by atoms with Gasteiger partial charge in [-0.15, -0.1) is 0 Å². The molecule has 0 bridgehead atoms. The highest BCUT2D eigenvalue weighted by Gasteiger charge is 2.19. The van der Waals surface area contributed by atoms with Crippen molar-refractivity contribution in [1.29, 1.82) is 0 Å². The minimum absolute atomic E-state index is 0.386. The summed E-state index contributed by atoms with van der Waals surface area (Å²) < 4.78 is 0. The Morgan fingerprint density at radius 1 is 1.41 bits per heavy atom. The van der Waals surface area contributed by atoms with Gasteiger partial charge in [-0.3, -0.25) is 0 Å². The maximum Gasteiger partial charge on any atom is 0.166 e. The minimum Gasteiger partial charge on any atom is -0.363 e. The third-order valence-electron chi connectivity index (χ3n) is 3.21. The highest BCUT2D eigenvalue weighted by molar-refractivity contribution is 7.80. The van der Waals surface area contributed by atoms with Crippen LogP contribution in [-0.2, 0) is 6.42 Å². The summed E-state index contributed by atoms with van der Waals surface area (Å²) in [6.07, 6.45) is 4.71. The highest BCUT2D eigenvalue weighted by atomic mass is 32.1. The van der Waals surface area contributed by atoms with Crippen LogP contribution in [0.3, 0.4) is 0 Å². The van der Waals surface area contributed by atoms with E-state index in [1.807, 2.05) is 0 Å². The van der Waals surface area contributed by atoms with Gasteiger partial charge in [0.05, 0.1) is 6.04 Å². The molecule has 0 saturated carbocycles. The summed E-state index contributed by atoms with van der Waals surface area (Å²) in [4.78, 5) is 0. The van der Waals surface area contributed by atoms with Gasteiger partial charge in [-0.05, 0) is 49.0 Å². The zero-order valence-corrected chi connectivity index (χ0v) is 11.1. The van der Waals surface area contributed by atoms with Crippen LogP contribution in [0, 0.1) is 0 Å². The molecular formula is C14H20N2S. The summed E-state index contributed by atoms with van der Waals surface area (Å²) in [5.74, 6) is 0. The lowest BCUT2D eigenvalue weighted by Crippen LogP contribution is -2.39. The van der Waals surface area contributed by atoms with Crippen LogP contribution in [0.2, 0.25) is 0 Å². The smallest absolute Gasteiger partial charge is 0.166 e. The number of thiocarbonyl (C=S) groups is 1. The standard InChI is InChI=1S/C14H20N2S/c1-2-10-15-14(17)16-13-9-5-7-11-6-3-4-8-12(11)13/h3-4,6,8,13H,2,5,7,9-10H2,1H3,(H2,15,16,17). The SMILES string of the molecule is CCCNC(=S)NC1CCCc2ccccc21. The molecule has 1 aliphatic carbocycles. The molecule has 0 saturated heterocycles. The Kier molecular flexibility index (Phi) is 4.37. The van der Waals surface area contributed by atoms with Crippen molar-refractivity contribution in [3.05, 3.63) is 35.4 Å². The van der Waals surface area contributed by atoms with Crippen LogP contribution in [0.5, 0.6) is 0 Å². The van der Waals surface area contributed by atoms with Crippen molar-refractivity contribution >= 4 is 17.3 Å². The lowest BCUT2D eigenvalue weighted by molar-refractivity contribution is 0.523.